The molecule has 1 aliphatic carbocycles. The number of carbonyl (C=O) groups is 1. The van der Waals surface area contributed by atoms with Gasteiger partial charge in [-0.25, -0.2) is 9.67 Å². The average molecular weight is 313 g/mol. The summed E-state index contributed by atoms with van der Waals surface area (Å²) in [7, 11) is 0. The van der Waals surface area contributed by atoms with Crippen molar-refractivity contribution < 1.29 is 4.79 Å². The second-order valence-electron chi connectivity index (χ2n) is 6.05. The van der Waals surface area contributed by atoms with E-state index < -0.39 is 0 Å². The predicted molar refractivity (Wildman–Crippen MR) is 82.8 cm³/mol. The number of anilines is 1. The van der Waals surface area contributed by atoms with Gasteiger partial charge in [-0.15, -0.1) is 5.10 Å². The minimum Gasteiger partial charge on any atom is -0.352 e. The van der Waals surface area contributed by atoms with Gasteiger partial charge in [0.25, 0.3) is 0 Å². The zero-order valence-electron chi connectivity index (χ0n) is 12.9. The second kappa shape index (κ2) is 5.94. The van der Waals surface area contributed by atoms with Crippen molar-refractivity contribution in [2.45, 2.75) is 25.3 Å². The van der Waals surface area contributed by atoms with Crippen molar-refractivity contribution in [3.8, 4) is 0 Å². The van der Waals surface area contributed by atoms with Gasteiger partial charge in [-0.05, 0) is 25.0 Å². The maximum Gasteiger partial charge on any atom is 0.244 e. The van der Waals surface area contributed by atoms with E-state index >= 15 is 0 Å². The van der Waals surface area contributed by atoms with Gasteiger partial charge < -0.3 is 9.80 Å². The third-order valence-electron chi connectivity index (χ3n) is 4.39. The van der Waals surface area contributed by atoms with E-state index in [-0.39, 0.29) is 12.5 Å². The Hall–Kier alpha value is -2.51. The SMILES string of the molecule is O=C(Cn1cncn1)N1CCN(c2ccc(C3CC3)nn2)CC1. The number of nitrogens with zero attached hydrogens (tertiary/aromatic N) is 7. The maximum atomic E-state index is 12.2. The van der Waals surface area contributed by atoms with Gasteiger partial charge in [0.05, 0.1) is 5.69 Å². The molecule has 0 radical (unpaired) electrons. The molecule has 1 amide bonds. The molecule has 2 aromatic heterocycles. The van der Waals surface area contributed by atoms with Crippen LogP contribution >= 0.6 is 0 Å². The minimum atomic E-state index is 0.0744. The average Bonchev–Trinajstić information content (AvgIpc) is 3.33. The molecule has 23 heavy (non-hydrogen) atoms. The lowest BCUT2D eigenvalue weighted by molar-refractivity contribution is -0.132. The van der Waals surface area contributed by atoms with E-state index in [0.717, 1.165) is 24.6 Å². The minimum absolute atomic E-state index is 0.0744. The van der Waals surface area contributed by atoms with Crippen LogP contribution in [0.2, 0.25) is 0 Å². The Bertz CT molecular complexity index is 658. The van der Waals surface area contributed by atoms with Crippen molar-refractivity contribution >= 4 is 11.7 Å². The van der Waals surface area contributed by atoms with Crippen LogP contribution in [0.1, 0.15) is 24.5 Å². The van der Waals surface area contributed by atoms with Gasteiger partial charge in [0.2, 0.25) is 5.91 Å². The third-order valence-corrected chi connectivity index (χ3v) is 4.39. The second-order valence-corrected chi connectivity index (χ2v) is 6.05. The zero-order valence-corrected chi connectivity index (χ0v) is 12.9. The molecule has 0 spiro atoms. The summed E-state index contributed by atoms with van der Waals surface area (Å²) >= 11 is 0. The van der Waals surface area contributed by atoms with E-state index in [0.29, 0.717) is 19.0 Å². The van der Waals surface area contributed by atoms with Crippen molar-refractivity contribution in [2.24, 2.45) is 0 Å². The van der Waals surface area contributed by atoms with Gasteiger partial charge >= 0.3 is 0 Å². The fourth-order valence-corrected chi connectivity index (χ4v) is 2.84. The van der Waals surface area contributed by atoms with E-state index in [4.69, 9.17) is 0 Å². The van der Waals surface area contributed by atoms with E-state index in [1.54, 1.807) is 11.0 Å². The largest absolute Gasteiger partial charge is 0.352 e. The molecule has 3 heterocycles. The summed E-state index contributed by atoms with van der Waals surface area (Å²) in [6, 6.07) is 4.13. The molecule has 0 bridgehead atoms. The monoisotopic (exact) mass is 313 g/mol. The Balaban J connectivity index is 1.32. The Morgan fingerprint density at radius 1 is 1.13 bits per heavy atom. The molecule has 2 fully saturated rings. The maximum absolute atomic E-state index is 12.2. The van der Waals surface area contributed by atoms with Crippen molar-refractivity contribution in [1.82, 2.24) is 29.9 Å². The Morgan fingerprint density at radius 2 is 1.96 bits per heavy atom. The molecule has 1 saturated carbocycles. The molecule has 120 valence electrons. The van der Waals surface area contributed by atoms with E-state index in [2.05, 4.69) is 31.2 Å². The third kappa shape index (κ3) is 3.15. The number of amides is 1. The molecule has 0 atom stereocenters. The summed E-state index contributed by atoms with van der Waals surface area (Å²) in [5.41, 5.74) is 1.11. The van der Waals surface area contributed by atoms with Gasteiger partial charge in [0.1, 0.15) is 19.2 Å². The molecule has 2 aliphatic rings. The van der Waals surface area contributed by atoms with Crippen LogP contribution in [-0.2, 0) is 11.3 Å². The smallest absolute Gasteiger partial charge is 0.244 e. The molecule has 4 rings (SSSR count). The van der Waals surface area contributed by atoms with Gasteiger partial charge in [-0.1, -0.05) is 0 Å². The Kier molecular flexibility index (Phi) is 3.64. The Labute approximate surface area is 134 Å². The molecule has 0 unspecified atom stereocenters. The van der Waals surface area contributed by atoms with Crippen LogP contribution in [0, 0.1) is 0 Å². The first-order valence-electron chi connectivity index (χ1n) is 7.98. The van der Waals surface area contributed by atoms with Crippen molar-refractivity contribution in [1.29, 1.82) is 0 Å². The van der Waals surface area contributed by atoms with Crippen LogP contribution in [0.3, 0.4) is 0 Å². The highest BCUT2D eigenvalue weighted by Crippen LogP contribution is 2.38. The first-order chi connectivity index (χ1) is 11.3. The molecular weight excluding hydrogens is 294 g/mol. The fraction of sp³-hybridized carbons (Fsp3) is 0.533. The first kappa shape index (κ1) is 14.1. The highest BCUT2D eigenvalue weighted by molar-refractivity contribution is 5.76. The summed E-state index contributed by atoms with van der Waals surface area (Å²) in [5, 5.41) is 12.6. The topological polar surface area (TPSA) is 80.0 Å². The quantitative estimate of drug-likeness (QED) is 0.807. The summed E-state index contributed by atoms with van der Waals surface area (Å²) in [4.78, 5) is 20.1. The van der Waals surface area contributed by atoms with Crippen molar-refractivity contribution in [3.63, 3.8) is 0 Å². The molecule has 0 aromatic carbocycles. The van der Waals surface area contributed by atoms with Gasteiger partial charge in [-0.3, -0.25) is 4.79 Å². The van der Waals surface area contributed by atoms with Crippen molar-refractivity contribution in [2.75, 3.05) is 31.1 Å². The summed E-state index contributed by atoms with van der Waals surface area (Å²) in [5.74, 6) is 1.60. The first-order valence-corrected chi connectivity index (χ1v) is 7.98. The highest BCUT2D eigenvalue weighted by atomic mass is 16.2. The van der Waals surface area contributed by atoms with Crippen LogP contribution in [0.15, 0.2) is 24.8 Å². The standard InChI is InChI=1S/C15H19N7O/c23-15(9-22-11-16-10-17-22)21-7-5-20(6-8-21)14-4-3-13(18-19-14)12-1-2-12/h3-4,10-12H,1-2,5-9H2. The van der Waals surface area contributed by atoms with Crippen LogP contribution in [0.25, 0.3) is 0 Å². The van der Waals surface area contributed by atoms with E-state index in [9.17, 15) is 4.79 Å². The number of hydrogen-bond acceptors (Lipinski definition) is 6. The lowest BCUT2D eigenvalue weighted by atomic mass is 10.2. The highest BCUT2D eigenvalue weighted by Gasteiger charge is 2.26. The van der Waals surface area contributed by atoms with E-state index in [1.807, 2.05) is 11.0 Å². The summed E-state index contributed by atoms with van der Waals surface area (Å²) in [6.07, 6.45) is 5.47. The van der Waals surface area contributed by atoms with Crippen LogP contribution < -0.4 is 4.90 Å². The van der Waals surface area contributed by atoms with Crippen molar-refractivity contribution in [3.05, 3.63) is 30.5 Å². The Morgan fingerprint density at radius 3 is 2.57 bits per heavy atom. The number of aromatic nitrogens is 5. The summed E-state index contributed by atoms with van der Waals surface area (Å²) < 4.78 is 1.55. The molecule has 8 heteroatoms. The molecule has 2 aromatic rings. The number of rotatable bonds is 4. The number of piperazine rings is 1. The molecule has 1 saturated heterocycles. The van der Waals surface area contributed by atoms with Crippen LogP contribution in [0.5, 0.6) is 0 Å². The molecule has 8 nitrogen and oxygen atoms in total. The van der Waals surface area contributed by atoms with Gasteiger partial charge in [0, 0.05) is 32.1 Å². The lowest BCUT2D eigenvalue weighted by Crippen LogP contribution is -2.50. The van der Waals surface area contributed by atoms with Gasteiger partial charge in [0.15, 0.2) is 5.82 Å². The number of hydrogen-bond donors (Lipinski definition) is 0. The molecular formula is C15H19N7O. The van der Waals surface area contributed by atoms with Crippen LogP contribution in [0.4, 0.5) is 5.82 Å². The fourth-order valence-electron chi connectivity index (χ4n) is 2.84. The van der Waals surface area contributed by atoms with Crippen LogP contribution in [-0.4, -0.2) is 61.9 Å². The lowest BCUT2D eigenvalue weighted by Gasteiger charge is -2.35. The predicted octanol–water partition coefficient (Wildman–Crippen LogP) is 0.294. The number of carbonyl (C=O) groups excluding carboxylic acids is 1. The van der Waals surface area contributed by atoms with E-state index in [1.165, 1.54) is 19.2 Å². The van der Waals surface area contributed by atoms with Gasteiger partial charge in [-0.2, -0.15) is 10.2 Å². The normalized spacial score (nSPS) is 18.3. The summed E-state index contributed by atoms with van der Waals surface area (Å²) in [6.45, 7) is 3.19. The molecule has 1 aliphatic heterocycles. The molecule has 0 N–H and O–H groups in total. The zero-order chi connectivity index (χ0) is 15.6.